The summed E-state index contributed by atoms with van der Waals surface area (Å²) in [5.74, 6) is 1.88. The van der Waals surface area contributed by atoms with Crippen LogP contribution >= 0.6 is 0 Å². The summed E-state index contributed by atoms with van der Waals surface area (Å²) in [5, 5.41) is 3.40. The second-order valence-electron chi connectivity index (χ2n) is 3.93. The third-order valence-electron chi connectivity index (χ3n) is 2.57. The standard InChI is InChI=1S/C10H16N4/c1-14(2)10-6-9(11-7-12-10)13-8-4-3-5-8/h6-8H,3-5H2,1-2H3,(H,11,12,13). The third-order valence-corrected chi connectivity index (χ3v) is 2.57. The van der Waals surface area contributed by atoms with Crippen molar-refractivity contribution in [2.75, 3.05) is 24.3 Å². The molecule has 1 aromatic rings. The first-order valence-corrected chi connectivity index (χ1v) is 5.01. The lowest BCUT2D eigenvalue weighted by Crippen LogP contribution is -2.27. The first-order valence-electron chi connectivity index (χ1n) is 5.01. The molecule has 1 saturated carbocycles. The van der Waals surface area contributed by atoms with Crippen molar-refractivity contribution in [1.82, 2.24) is 9.97 Å². The number of nitrogens with zero attached hydrogens (tertiary/aromatic N) is 3. The van der Waals surface area contributed by atoms with Gasteiger partial charge in [-0.05, 0) is 19.3 Å². The van der Waals surface area contributed by atoms with Crippen LogP contribution in [0.15, 0.2) is 12.4 Å². The molecule has 0 saturated heterocycles. The van der Waals surface area contributed by atoms with Gasteiger partial charge in [-0.2, -0.15) is 0 Å². The van der Waals surface area contributed by atoms with E-state index in [9.17, 15) is 0 Å². The summed E-state index contributed by atoms with van der Waals surface area (Å²) in [5.41, 5.74) is 0. The summed E-state index contributed by atoms with van der Waals surface area (Å²) in [6, 6.07) is 2.61. The lowest BCUT2D eigenvalue weighted by molar-refractivity contribution is 0.444. The van der Waals surface area contributed by atoms with E-state index in [1.807, 2.05) is 25.1 Å². The molecule has 2 rings (SSSR count). The van der Waals surface area contributed by atoms with Gasteiger partial charge < -0.3 is 10.2 Å². The number of rotatable bonds is 3. The third kappa shape index (κ3) is 1.95. The Balaban J connectivity index is 2.05. The smallest absolute Gasteiger partial charge is 0.133 e. The van der Waals surface area contributed by atoms with Crippen LogP contribution in [0.3, 0.4) is 0 Å². The maximum absolute atomic E-state index is 4.19. The molecule has 0 radical (unpaired) electrons. The Morgan fingerprint density at radius 2 is 2.14 bits per heavy atom. The van der Waals surface area contributed by atoms with Crippen LogP contribution in [0.1, 0.15) is 19.3 Å². The Bertz CT molecular complexity index is 307. The molecule has 76 valence electrons. The van der Waals surface area contributed by atoms with E-state index >= 15 is 0 Å². The molecule has 14 heavy (non-hydrogen) atoms. The maximum atomic E-state index is 4.19. The van der Waals surface area contributed by atoms with Crippen molar-refractivity contribution >= 4 is 11.6 Å². The van der Waals surface area contributed by atoms with E-state index in [4.69, 9.17) is 0 Å². The Kier molecular flexibility index (Phi) is 2.52. The van der Waals surface area contributed by atoms with Crippen molar-refractivity contribution in [2.45, 2.75) is 25.3 Å². The highest BCUT2D eigenvalue weighted by atomic mass is 15.2. The van der Waals surface area contributed by atoms with E-state index in [0.29, 0.717) is 6.04 Å². The molecular formula is C10H16N4. The molecule has 4 heteroatoms. The molecule has 1 fully saturated rings. The van der Waals surface area contributed by atoms with Crippen LogP contribution in [0.4, 0.5) is 11.6 Å². The fraction of sp³-hybridized carbons (Fsp3) is 0.600. The number of anilines is 2. The van der Waals surface area contributed by atoms with Gasteiger partial charge >= 0.3 is 0 Å². The molecule has 0 spiro atoms. The molecule has 1 aliphatic carbocycles. The summed E-state index contributed by atoms with van der Waals surface area (Å²) >= 11 is 0. The zero-order valence-electron chi connectivity index (χ0n) is 8.70. The summed E-state index contributed by atoms with van der Waals surface area (Å²) in [4.78, 5) is 10.3. The van der Waals surface area contributed by atoms with Gasteiger partial charge in [0.15, 0.2) is 0 Å². The summed E-state index contributed by atoms with van der Waals surface area (Å²) < 4.78 is 0. The minimum absolute atomic E-state index is 0.625. The molecule has 4 nitrogen and oxygen atoms in total. The molecule has 0 bridgehead atoms. The Hall–Kier alpha value is -1.32. The van der Waals surface area contributed by atoms with Crippen molar-refractivity contribution in [2.24, 2.45) is 0 Å². The minimum atomic E-state index is 0.625. The Morgan fingerprint density at radius 1 is 1.36 bits per heavy atom. The largest absolute Gasteiger partial charge is 0.367 e. The quantitative estimate of drug-likeness (QED) is 0.788. The van der Waals surface area contributed by atoms with Gasteiger partial charge in [-0.3, -0.25) is 0 Å². The van der Waals surface area contributed by atoms with Crippen molar-refractivity contribution in [3.8, 4) is 0 Å². The summed E-state index contributed by atoms with van der Waals surface area (Å²) in [6.45, 7) is 0. The van der Waals surface area contributed by atoms with E-state index in [-0.39, 0.29) is 0 Å². The topological polar surface area (TPSA) is 41.0 Å². The zero-order valence-corrected chi connectivity index (χ0v) is 8.70. The lowest BCUT2D eigenvalue weighted by Gasteiger charge is -2.27. The first kappa shape index (κ1) is 9.24. The molecular weight excluding hydrogens is 176 g/mol. The fourth-order valence-corrected chi connectivity index (χ4v) is 1.43. The highest BCUT2D eigenvalue weighted by Gasteiger charge is 2.17. The van der Waals surface area contributed by atoms with Crippen molar-refractivity contribution in [3.63, 3.8) is 0 Å². The van der Waals surface area contributed by atoms with Crippen LogP contribution in [-0.4, -0.2) is 30.1 Å². The van der Waals surface area contributed by atoms with Crippen molar-refractivity contribution in [1.29, 1.82) is 0 Å². The normalized spacial score (nSPS) is 16.1. The van der Waals surface area contributed by atoms with Crippen molar-refractivity contribution in [3.05, 3.63) is 12.4 Å². The number of aromatic nitrogens is 2. The van der Waals surface area contributed by atoms with Gasteiger partial charge in [-0.1, -0.05) is 0 Å². The van der Waals surface area contributed by atoms with Crippen LogP contribution in [0.5, 0.6) is 0 Å². The van der Waals surface area contributed by atoms with E-state index < -0.39 is 0 Å². The second-order valence-corrected chi connectivity index (χ2v) is 3.93. The fourth-order valence-electron chi connectivity index (χ4n) is 1.43. The van der Waals surface area contributed by atoms with Crippen LogP contribution < -0.4 is 10.2 Å². The van der Waals surface area contributed by atoms with Gasteiger partial charge in [-0.15, -0.1) is 0 Å². The van der Waals surface area contributed by atoms with Crippen LogP contribution in [0.25, 0.3) is 0 Å². The highest BCUT2D eigenvalue weighted by molar-refractivity contribution is 5.47. The number of hydrogen-bond acceptors (Lipinski definition) is 4. The number of hydrogen-bond donors (Lipinski definition) is 1. The molecule has 0 atom stereocenters. The van der Waals surface area contributed by atoms with E-state index in [2.05, 4.69) is 15.3 Å². The average molecular weight is 192 g/mol. The van der Waals surface area contributed by atoms with Gasteiger partial charge in [0.2, 0.25) is 0 Å². The monoisotopic (exact) mass is 192 g/mol. The van der Waals surface area contributed by atoms with Crippen LogP contribution in [0, 0.1) is 0 Å². The number of nitrogens with one attached hydrogen (secondary N) is 1. The van der Waals surface area contributed by atoms with Crippen LogP contribution in [-0.2, 0) is 0 Å². The Labute approximate surface area is 84.4 Å². The summed E-state index contributed by atoms with van der Waals surface area (Å²) in [7, 11) is 3.96. The van der Waals surface area contributed by atoms with Gasteiger partial charge in [-0.25, -0.2) is 9.97 Å². The van der Waals surface area contributed by atoms with E-state index in [1.165, 1.54) is 19.3 Å². The maximum Gasteiger partial charge on any atom is 0.133 e. The Morgan fingerprint density at radius 3 is 2.71 bits per heavy atom. The zero-order chi connectivity index (χ0) is 9.97. The molecule has 0 aliphatic heterocycles. The molecule has 0 amide bonds. The van der Waals surface area contributed by atoms with Crippen LogP contribution in [0.2, 0.25) is 0 Å². The second kappa shape index (κ2) is 3.82. The average Bonchev–Trinajstić information content (AvgIpc) is 2.12. The van der Waals surface area contributed by atoms with Gasteiger partial charge in [0.1, 0.15) is 18.0 Å². The van der Waals surface area contributed by atoms with E-state index in [0.717, 1.165) is 11.6 Å². The molecule has 1 heterocycles. The van der Waals surface area contributed by atoms with Gasteiger partial charge in [0, 0.05) is 26.2 Å². The molecule has 1 aliphatic rings. The molecule has 0 unspecified atom stereocenters. The SMILES string of the molecule is CN(C)c1cc(NC2CCC2)ncn1. The minimum Gasteiger partial charge on any atom is -0.367 e. The predicted molar refractivity (Wildman–Crippen MR) is 57.6 cm³/mol. The highest BCUT2D eigenvalue weighted by Crippen LogP contribution is 2.22. The summed E-state index contributed by atoms with van der Waals surface area (Å²) in [6.07, 6.45) is 5.47. The molecule has 0 aromatic carbocycles. The lowest BCUT2D eigenvalue weighted by atomic mass is 9.93. The van der Waals surface area contributed by atoms with Gasteiger partial charge in [0.05, 0.1) is 0 Å². The van der Waals surface area contributed by atoms with E-state index in [1.54, 1.807) is 6.33 Å². The first-order chi connectivity index (χ1) is 6.75. The molecule has 1 N–H and O–H groups in total. The molecule has 1 aromatic heterocycles. The predicted octanol–water partition coefficient (Wildman–Crippen LogP) is 1.51. The van der Waals surface area contributed by atoms with Crippen molar-refractivity contribution < 1.29 is 0 Å². The van der Waals surface area contributed by atoms with Gasteiger partial charge in [0.25, 0.3) is 0 Å².